The standard InChI is InChI=1S/C14H18BrClN2O.ClH/c15-10-4-5-12(16)11(8-10)13(19)18-9-14(17)6-2-1-3-7-14;/h4-5,8H,1-3,6-7,9,17H2,(H,18,19);1H. The summed E-state index contributed by atoms with van der Waals surface area (Å²) in [5.41, 5.74) is 6.52. The second-order valence-corrected chi connectivity index (χ2v) is 6.55. The second kappa shape index (κ2) is 7.64. The Bertz CT molecular complexity index is 476. The van der Waals surface area contributed by atoms with E-state index in [1.807, 2.05) is 6.07 Å². The lowest BCUT2D eigenvalue weighted by Crippen LogP contribution is -2.51. The van der Waals surface area contributed by atoms with Gasteiger partial charge in [0.15, 0.2) is 0 Å². The fraction of sp³-hybridized carbons (Fsp3) is 0.500. The van der Waals surface area contributed by atoms with Crippen LogP contribution >= 0.6 is 39.9 Å². The van der Waals surface area contributed by atoms with Crippen molar-refractivity contribution in [1.82, 2.24) is 5.32 Å². The third-order valence-corrected chi connectivity index (χ3v) is 4.45. The zero-order chi connectivity index (χ0) is 13.9. The van der Waals surface area contributed by atoms with Crippen LogP contribution in [0.15, 0.2) is 22.7 Å². The van der Waals surface area contributed by atoms with Gasteiger partial charge in [0.1, 0.15) is 0 Å². The largest absolute Gasteiger partial charge is 0.350 e. The molecule has 0 unspecified atom stereocenters. The molecule has 0 radical (unpaired) electrons. The van der Waals surface area contributed by atoms with Crippen molar-refractivity contribution in [2.45, 2.75) is 37.6 Å². The molecule has 3 N–H and O–H groups in total. The number of rotatable bonds is 3. The molecular weight excluding hydrogens is 363 g/mol. The fourth-order valence-electron chi connectivity index (χ4n) is 2.46. The van der Waals surface area contributed by atoms with Gasteiger partial charge in [-0.1, -0.05) is 46.8 Å². The van der Waals surface area contributed by atoms with Crippen molar-refractivity contribution in [3.8, 4) is 0 Å². The van der Waals surface area contributed by atoms with Crippen molar-refractivity contribution in [2.24, 2.45) is 5.73 Å². The van der Waals surface area contributed by atoms with Crippen LogP contribution in [0.4, 0.5) is 0 Å². The maximum atomic E-state index is 12.1. The Hall–Kier alpha value is -0.290. The number of halogens is 3. The van der Waals surface area contributed by atoms with E-state index in [1.54, 1.807) is 12.1 Å². The number of nitrogens with two attached hydrogens (primary N) is 1. The Morgan fingerprint density at radius 2 is 2.00 bits per heavy atom. The quantitative estimate of drug-likeness (QED) is 0.833. The number of carbonyl (C=O) groups excluding carboxylic acids is 1. The van der Waals surface area contributed by atoms with Gasteiger partial charge in [0, 0.05) is 16.6 Å². The summed E-state index contributed by atoms with van der Waals surface area (Å²) in [7, 11) is 0. The Morgan fingerprint density at radius 3 is 2.65 bits per heavy atom. The van der Waals surface area contributed by atoms with Gasteiger partial charge in [-0.2, -0.15) is 0 Å². The van der Waals surface area contributed by atoms with E-state index in [2.05, 4.69) is 21.2 Å². The molecule has 0 saturated heterocycles. The molecule has 3 nitrogen and oxygen atoms in total. The summed E-state index contributed by atoms with van der Waals surface area (Å²) in [4.78, 5) is 12.1. The van der Waals surface area contributed by atoms with Crippen LogP contribution in [-0.2, 0) is 0 Å². The minimum absolute atomic E-state index is 0. The molecule has 0 heterocycles. The molecule has 1 saturated carbocycles. The molecule has 1 amide bonds. The summed E-state index contributed by atoms with van der Waals surface area (Å²) in [6, 6.07) is 5.24. The van der Waals surface area contributed by atoms with Crippen LogP contribution in [0.3, 0.4) is 0 Å². The highest BCUT2D eigenvalue weighted by molar-refractivity contribution is 9.10. The molecule has 1 aromatic carbocycles. The SMILES string of the molecule is Cl.NC1(CNC(=O)c2cc(Br)ccc2Cl)CCCCC1. The van der Waals surface area contributed by atoms with Gasteiger partial charge in [0.2, 0.25) is 0 Å². The number of carbonyl (C=O) groups is 1. The number of amides is 1. The lowest BCUT2D eigenvalue weighted by Gasteiger charge is -2.33. The van der Waals surface area contributed by atoms with Crippen LogP contribution in [0.25, 0.3) is 0 Å². The van der Waals surface area contributed by atoms with Crippen molar-refractivity contribution < 1.29 is 4.79 Å². The van der Waals surface area contributed by atoms with Gasteiger partial charge < -0.3 is 11.1 Å². The maximum Gasteiger partial charge on any atom is 0.252 e. The third kappa shape index (κ3) is 4.62. The molecule has 20 heavy (non-hydrogen) atoms. The van der Waals surface area contributed by atoms with E-state index in [1.165, 1.54) is 6.42 Å². The summed E-state index contributed by atoms with van der Waals surface area (Å²) >= 11 is 9.37. The van der Waals surface area contributed by atoms with Gasteiger partial charge in [-0.15, -0.1) is 12.4 Å². The molecule has 0 bridgehead atoms. The lowest BCUT2D eigenvalue weighted by molar-refractivity contribution is 0.0938. The lowest BCUT2D eigenvalue weighted by atomic mass is 9.82. The van der Waals surface area contributed by atoms with Crippen LogP contribution < -0.4 is 11.1 Å². The zero-order valence-electron chi connectivity index (χ0n) is 11.1. The number of hydrogen-bond donors (Lipinski definition) is 2. The molecule has 0 aromatic heterocycles. The minimum atomic E-state index is -0.258. The van der Waals surface area contributed by atoms with Crippen molar-refractivity contribution in [3.05, 3.63) is 33.3 Å². The first-order valence-electron chi connectivity index (χ1n) is 6.52. The minimum Gasteiger partial charge on any atom is -0.350 e. The first-order chi connectivity index (χ1) is 9.00. The Labute approximate surface area is 139 Å². The Morgan fingerprint density at radius 1 is 1.35 bits per heavy atom. The van der Waals surface area contributed by atoms with Crippen molar-refractivity contribution in [1.29, 1.82) is 0 Å². The van der Waals surface area contributed by atoms with E-state index >= 15 is 0 Å². The summed E-state index contributed by atoms with van der Waals surface area (Å²) < 4.78 is 0.835. The molecule has 1 aliphatic rings. The van der Waals surface area contributed by atoms with Gasteiger partial charge >= 0.3 is 0 Å². The van der Waals surface area contributed by atoms with Crippen LogP contribution in [0.2, 0.25) is 5.02 Å². The molecule has 1 aliphatic carbocycles. The molecule has 0 spiro atoms. The zero-order valence-corrected chi connectivity index (χ0v) is 14.3. The molecule has 2 rings (SSSR count). The monoisotopic (exact) mass is 380 g/mol. The summed E-state index contributed by atoms with van der Waals surface area (Å²) in [5, 5.41) is 3.36. The van der Waals surface area contributed by atoms with Gasteiger partial charge in [0.05, 0.1) is 10.6 Å². The van der Waals surface area contributed by atoms with Crippen molar-refractivity contribution in [2.75, 3.05) is 6.54 Å². The average molecular weight is 382 g/mol. The van der Waals surface area contributed by atoms with Gasteiger partial charge in [-0.05, 0) is 31.0 Å². The molecule has 0 atom stereocenters. The molecule has 1 fully saturated rings. The summed E-state index contributed by atoms with van der Waals surface area (Å²) in [6.07, 6.45) is 5.47. The molecule has 0 aliphatic heterocycles. The third-order valence-electron chi connectivity index (χ3n) is 3.62. The van der Waals surface area contributed by atoms with E-state index in [-0.39, 0.29) is 23.9 Å². The maximum absolute atomic E-state index is 12.1. The van der Waals surface area contributed by atoms with E-state index in [4.69, 9.17) is 17.3 Å². The predicted molar refractivity (Wildman–Crippen MR) is 88.7 cm³/mol. The highest BCUT2D eigenvalue weighted by Gasteiger charge is 2.28. The van der Waals surface area contributed by atoms with Gasteiger partial charge in [-0.3, -0.25) is 4.79 Å². The predicted octanol–water partition coefficient (Wildman–Crippen LogP) is 3.92. The number of nitrogens with one attached hydrogen (secondary N) is 1. The van der Waals surface area contributed by atoms with E-state index in [0.29, 0.717) is 17.1 Å². The second-order valence-electron chi connectivity index (χ2n) is 5.23. The number of hydrogen-bond acceptors (Lipinski definition) is 2. The highest BCUT2D eigenvalue weighted by Crippen LogP contribution is 2.26. The Kier molecular flexibility index (Phi) is 6.79. The fourth-order valence-corrected chi connectivity index (χ4v) is 3.02. The molecule has 112 valence electrons. The van der Waals surface area contributed by atoms with Crippen molar-refractivity contribution >= 4 is 45.8 Å². The average Bonchev–Trinajstić information content (AvgIpc) is 2.40. The van der Waals surface area contributed by atoms with E-state index in [9.17, 15) is 4.79 Å². The van der Waals surface area contributed by atoms with Crippen LogP contribution in [0, 0.1) is 0 Å². The van der Waals surface area contributed by atoms with Gasteiger partial charge in [-0.25, -0.2) is 0 Å². The molecular formula is C14H19BrCl2N2O. The van der Waals surface area contributed by atoms with E-state index < -0.39 is 0 Å². The highest BCUT2D eigenvalue weighted by atomic mass is 79.9. The van der Waals surface area contributed by atoms with E-state index in [0.717, 1.165) is 30.2 Å². The van der Waals surface area contributed by atoms with Crippen LogP contribution in [-0.4, -0.2) is 18.0 Å². The Balaban J connectivity index is 0.00000200. The topological polar surface area (TPSA) is 55.1 Å². The molecule has 6 heteroatoms. The normalized spacial score (nSPS) is 17.1. The summed E-state index contributed by atoms with van der Waals surface area (Å²) in [6.45, 7) is 0.509. The smallest absolute Gasteiger partial charge is 0.252 e. The number of benzene rings is 1. The van der Waals surface area contributed by atoms with Crippen molar-refractivity contribution in [3.63, 3.8) is 0 Å². The van der Waals surface area contributed by atoms with Crippen LogP contribution in [0.5, 0.6) is 0 Å². The molecule has 1 aromatic rings. The first-order valence-corrected chi connectivity index (χ1v) is 7.69. The summed E-state index contributed by atoms with van der Waals surface area (Å²) in [5.74, 6) is -0.165. The van der Waals surface area contributed by atoms with Crippen LogP contribution in [0.1, 0.15) is 42.5 Å². The first kappa shape index (κ1) is 17.8. The van der Waals surface area contributed by atoms with Gasteiger partial charge in [0.25, 0.3) is 5.91 Å².